The van der Waals surface area contributed by atoms with Gasteiger partial charge in [0, 0.05) is 32.2 Å². The van der Waals surface area contributed by atoms with Gasteiger partial charge in [-0.3, -0.25) is 4.99 Å². The van der Waals surface area contributed by atoms with Gasteiger partial charge in [-0.25, -0.2) is 0 Å². The standard InChI is InChI=1S/C25H35N3O3/c1-19-6-5-7-23(16-19)31-20(2)17-27-24(26-3)28-18-25(12-14-30-15-13-25)21-8-10-22(29-4)11-9-21/h5-11,16,20H,12-15,17-18H2,1-4H3,(H2,26,27,28). The van der Waals surface area contributed by atoms with Crippen molar-refractivity contribution < 1.29 is 14.2 Å². The third-order valence-corrected chi connectivity index (χ3v) is 5.85. The number of nitrogens with zero attached hydrogens (tertiary/aromatic N) is 1. The lowest BCUT2D eigenvalue weighted by atomic mass is 9.74. The van der Waals surface area contributed by atoms with Gasteiger partial charge in [0.05, 0.1) is 13.7 Å². The van der Waals surface area contributed by atoms with Gasteiger partial charge in [0.1, 0.15) is 17.6 Å². The van der Waals surface area contributed by atoms with Crippen molar-refractivity contribution in [3.8, 4) is 11.5 Å². The second kappa shape index (κ2) is 11.0. The maximum absolute atomic E-state index is 6.02. The normalized spacial score (nSPS) is 17.0. The minimum absolute atomic E-state index is 0.00578. The second-order valence-electron chi connectivity index (χ2n) is 8.17. The summed E-state index contributed by atoms with van der Waals surface area (Å²) in [6.45, 7) is 7.10. The van der Waals surface area contributed by atoms with Crippen molar-refractivity contribution in [2.24, 2.45) is 4.99 Å². The summed E-state index contributed by atoms with van der Waals surface area (Å²) >= 11 is 0. The molecule has 0 aromatic heterocycles. The van der Waals surface area contributed by atoms with Crippen LogP contribution in [0, 0.1) is 6.92 Å². The van der Waals surface area contributed by atoms with Crippen LogP contribution in [-0.4, -0.2) is 52.5 Å². The number of hydrogen-bond acceptors (Lipinski definition) is 4. The molecule has 2 aromatic carbocycles. The molecule has 0 spiro atoms. The zero-order chi connectivity index (χ0) is 22.1. The van der Waals surface area contributed by atoms with Crippen LogP contribution in [-0.2, 0) is 10.2 Å². The van der Waals surface area contributed by atoms with E-state index in [1.165, 1.54) is 11.1 Å². The van der Waals surface area contributed by atoms with Gasteiger partial charge >= 0.3 is 0 Å². The summed E-state index contributed by atoms with van der Waals surface area (Å²) < 4.78 is 17.0. The molecule has 1 saturated heterocycles. The fourth-order valence-corrected chi connectivity index (χ4v) is 3.95. The van der Waals surface area contributed by atoms with Gasteiger partial charge in [0.2, 0.25) is 0 Å². The van der Waals surface area contributed by atoms with Gasteiger partial charge in [-0.2, -0.15) is 0 Å². The molecule has 1 aliphatic rings. The Kier molecular flexibility index (Phi) is 8.18. The van der Waals surface area contributed by atoms with Crippen LogP contribution < -0.4 is 20.1 Å². The number of methoxy groups -OCH3 is 1. The van der Waals surface area contributed by atoms with E-state index in [4.69, 9.17) is 14.2 Å². The van der Waals surface area contributed by atoms with Crippen molar-refractivity contribution in [2.75, 3.05) is 40.5 Å². The number of aliphatic imine (C=N–C) groups is 1. The molecule has 6 heteroatoms. The summed E-state index contributed by atoms with van der Waals surface area (Å²) in [4.78, 5) is 4.41. The molecule has 1 fully saturated rings. The van der Waals surface area contributed by atoms with Crippen molar-refractivity contribution >= 4 is 5.96 Å². The first-order valence-corrected chi connectivity index (χ1v) is 10.9. The van der Waals surface area contributed by atoms with Gasteiger partial charge in [0.25, 0.3) is 0 Å². The molecule has 2 aromatic rings. The molecule has 0 aliphatic carbocycles. The maximum Gasteiger partial charge on any atom is 0.191 e. The number of rotatable bonds is 8. The van der Waals surface area contributed by atoms with Crippen LogP contribution in [0.2, 0.25) is 0 Å². The van der Waals surface area contributed by atoms with Crippen LogP contribution in [0.1, 0.15) is 30.9 Å². The first-order chi connectivity index (χ1) is 15.0. The summed E-state index contributed by atoms with van der Waals surface area (Å²) in [5.41, 5.74) is 2.50. The fourth-order valence-electron chi connectivity index (χ4n) is 3.95. The lowest BCUT2D eigenvalue weighted by Gasteiger charge is -2.38. The molecule has 1 atom stereocenters. The number of benzene rings is 2. The third-order valence-electron chi connectivity index (χ3n) is 5.85. The summed E-state index contributed by atoms with van der Waals surface area (Å²) in [7, 11) is 3.49. The van der Waals surface area contributed by atoms with Crippen molar-refractivity contribution in [2.45, 2.75) is 38.2 Å². The Bertz CT molecular complexity index is 845. The largest absolute Gasteiger partial charge is 0.497 e. The Morgan fingerprint density at radius 1 is 1.10 bits per heavy atom. The maximum atomic E-state index is 6.02. The lowest BCUT2D eigenvalue weighted by molar-refractivity contribution is 0.0513. The van der Waals surface area contributed by atoms with Gasteiger partial charge in [-0.1, -0.05) is 24.3 Å². The Hall–Kier alpha value is -2.73. The summed E-state index contributed by atoms with van der Waals surface area (Å²) in [5.74, 6) is 2.54. The minimum atomic E-state index is 0.00578. The first-order valence-electron chi connectivity index (χ1n) is 10.9. The molecule has 6 nitrogen and oxygen atoms in total. The minimum Gasteiger partial charge on any atom is -0.497 e. The van der Waals surface area contributed by atoms with Crippen molar-refractivity contribution in [3.05, 3.63) is 59.7 Å². The van der Waals surface area contributed by atoms with E-state index in [9.17, 15) is 0 Å². The fraction of sp³-hybridized carbons (Fsp3) is 0.480. The van der Waals surface area contributed by atoms with E-state index in [0.717, 1.165) is 50.1 Å². The van der Waals surface area contributed by atoms with E-state index in [1.54, 1.807) is 14.2 Å². The average Bonchev–Trinajstić information content (AvgIpc) is 2.80. The Morgan fingerprint density at radius 3 is 2.48 bits per heavy atom. The van der Waals surface area contributed by atoms with Crippen molar-refractivity contribution in [1.29, 1.82) is 0 Å². The third kappa shape index (κ3) is 6.37. The van der Waals surface area contributed by atoms with Gasteiger partial charge < -0.3 is 24.8 Å². The topological polar surface area (TPSA) is 64.1 Å². The number of hydrogen-bond donors (Lipinski definition) is 2. The van der Waals surface area contributed by atoms with Crippen molar-refractivity contribution in [1.82, 2.24) is 10.6 Å². The van der Waals surface area contributed by atoms with Crippen LogP contribution in [0.25, 0.3) is 0 Å². The highest BCUT2D eigenvalue weighted by Crippen LogP contribution is 2.35. The summed E-state index contributed by atoms with van der Waals surface area (Å²) in [6.07, 6.45) is 1.95. The highest BCUT2D eigenvalue weighted by molar-refractivity contribution is 5.79. The molecule has 168 valence electrons. The van der Waals surface area contributed by atoms with Crippen molar-refractivity contribution in [3.63, 3.8) is 0 Å². The van der Waals surface area contributed by atoms with Crippen LogP contribution in [0.15, 0.2) is 53.5 Å². The molecule has 0 saturated carbocycles. The lowest BCUT2D eigenvalue weighted by Crippen LogP contribution is -2.49. The molecule has 3 rings (SSSR count). The van der Waals surface area contributed by atoms with E-state index < -0.39 is 0 Å². The highest BCUT2D eigenvalue weighted by Gasteiger charge is 2.34. The summed E-state index contributed by atoms with van der Waals surface area (Å²) in [6, 6.07) is 16.5. The quantitative estimate of drug-likeness (QED) is 0.499. The van der Waals surface area contributed by atoms with E-state index in [2.05, 4.69) is 47.7 Å². The van der Waals surface area contributed by atoms with Crippen LogP contribution in [0.3, 0.4) is 0 Å². The summed E-state index contributed by atoms with van der Waals surface area (Å²) in [5, 5.41) is 6.93. The first kappa shape index (κ1) is 22.9. The zero-order valence-electron chi connectivity index (χ0n) is 19.1. The molecule has 0 bridgehead atoms. The van der Waals surface area contributed by atoms with Crippen LogP contribution >= 0.6 is 0 Å². The Balaban J connectivity index is 1.57. The van der Waals surface area contributed by atoms with Crippen LogP contribution in [0.5, 0.6) is 11.5 Å². The molecular formula is C25H35N3O3. The van der Waals surface area contributed by atoms with E-state index in [1.807, 2.05) is 30.3 Å². The van der Waals surface area contributed by atoms with Crippen LogP contribution in [0.4, 0.5) is 0 Å². The SMILES string of the molecule is CN=C(NCC(C)Oc1cccc(C)c1)NCC1(c2ccc(OC)cc2)CCOCC1. The molecule has 1 unspecified atom stereocenters. The highest BCUT2D eigenvalue weighted by atomic mass is 16.5. The van der Waals surface area contributed by atoms with E-state index in [0.29, 0.717) is 6.54 Å². The molecular weight excluding hydrogens is 390 g/mol. The smallest absolute Gasteiger partial charge is 0.191 e. The number of nitrogens with one attached hydrogen (secondary N) is 2. The molecule has 0 amide bonds. The molecule has 31 heavy (non-hydrogen) atoms. The van der Waals surface area contributed by atoms with Gasteiger partial charge in [-0.15, -0.1) is 0 Å². The van der Waals surface area contributed by atoms with E-state index >= 15 is 0 Å². The monoisotopic (exact) mass is 425 g/mol. The number of ether oxygens (including phenoxy) is 3. The van der Waals surface area contributed by atoms with Gasteiger partial charge in [-0.05, 0) is 62.1 Å². The predicted octanol–water partition coefficient (Wildman–Crippen LogP) is 3.68. The molecule has 1 aliphatic heterocycles. The predicted molar refractivity (Wildman–Crippen MR) is 125 cm³/mol. The zero-order valence-corrected chi connectivity index (χ0v) is 19.1. The van der Waals surface area contributed by atoms with E-state index in [-0.39, 0.29) is 11.5 Å². The average molecular weight is 426 g/mol. The number of guanidine groups is 1. The molecule has 1 heterocycles. The molecule has 2 N–H and O–H groups in total. The number of aryl methyl sites for hydroxylation is 1. The Labute approximate surface area is 186 Å². The molecule has 0 radical (unpaired) electrons. The Morgan fingerprint density at radius 2 is 1.84 bits per heavy atom. The second-order valence-corrected chi connectivity index (χ2v) is 8.17. The van der Waals surface area contributed by atoms with Gasteiger partial charge in [0.15, 0.2) is 5.96 Å².